The molecule has 0 aliphatic heterocycles. The van der Waals surface area contributed by atoms with E-state index < -0.39 is 0 Å². The van der Waals surface area contributed by atoms with Crippen LogP contribution in [0.2, 0.25) is 5.15 Å². The first-order valence-corrected chi connectivity index (χ1v) is 6.64. The van der Waals surface area contributed by atoms with Crippen LogP contribution in [0, 0.1) is 13.8 Å². The molecule has 0 aromatic carbocycles. The maximum absolute atomic E-state index is 5.94. The molecule has 102 valence electrons. The van der Waals surface area contributed by atoms with Crippen LogP contribution in [-0.2, 0) is 6.54 Å². The average molecular weight is 280 g/mol. The van der Waals surface area contributed by atoms with Crippen LogP contribution in [0.5, 0.6) is 0 Å². The van der Waals surface area contributed by atoms with E-state index in [0.29, 0.717) is 11.0 Å². The van der Waals surface area contributed by atoms with E-state index in [1.165, 1.54) is 0 Å². The van der Waals surface area contributed by atoms with Gasteiger partial charge in [-0.1, -0.05) is 11.6 Å². The Balaban J connectivity index is 1.90. The van der Waals surface area contributed by atoms with Crippen molar-refractivity contribution in [3.05, 3.63) is 35.3 Å². The van der Waals surface area contributed by atoms with Gasteiger partial charge in [0.1, 0.15) is 22.6 Å². The average Bonchev–Trinajstić information content (AvgIpc) is 2.74. The van der Waals surface area contributed by atoms with Crippen molar-refractivity contribution in [2.24, 2.45) is 0 Å². The fourth-order valence-corrected chi connectivity index (χ4v) is 2.16. The summed E-state index contributed by atoms with van der Waals surface area (Å²) in [6.07, 6.45) is 4.85. The van der Waals surface area contributed by atoms with Gasteiger partial charge in [-0.3, -0.25) is 0 Å². The molecule has 0 aliphatic carbocycles. The van der Waals surface area contributed by atoms with E-state index in [0.717, 1.165) is 31.2 Å². The van der Waals surface area contributed by atoms with Crippen molar-refractivity contribution in [1.82, 2.24) is 19.5 Å². The zero-order valence-electron chi connectivity index (χ0n) is 11.5. The van der Waals surface area contributed by atoms with Gasteiger partial charge in [-0.15, -0.1) is 0 Å². The summed E-state index contributed by atoms with van der Waals surface area (Å²) in [6, 6.07) is 1.79. The number of hydrogen-bond acceptors (Lipinski definition) is 4. The van der Waals surface area contributed by atoms with Crippen molar-refractivity contribution in [2.75, 3.05) is 18.5 Å². The minimum Gasteiger partial charge on any atom is -0.359 e. The van der Waals surface area contributed by atoms with Gasteiger partial charge in [-0.25, -0.2) is 15.0 Å². The Morgan fingerprint density at radius 1 is 1.32 bits per heavy atom. The van der Waals surface area contributed by atoms with Gasteiger partial charge in [0.05, 0.1) is 0 Å². The van der Waals surface area contributed by atoms with E-state index in [1.807, 2.05) is 33.3 Å². The summed E-state index contributed by atoms with van der Waals surface area (Å²) in [7, 11) is 2.01. The molecule has 0 amide bonds. The highest BCUT2D eigenvalue weighted by atomic mass is 35.5. The van der Waals surface area contributed by atoms with Gasteiger partial charge >= 0.3 is 0 Å². The Bertz CT molecular complexity index is 531. The standard InChI is InChI=1S/C13H18ClN5/c1-10-16-12(14)9-13(17-10)18(3)6-4-7-19-8-5-15-11(19)2/h5,8-9H,4,6-7H2,1-3H3. The largest absolute Gasteiger partial charge is 0.359 e. The van der Waals surface area contributed by atoms with Gasteiger partial charge in [0.15, 0.2) is 0 Å². The minimum absolute atomic E-state index is 0.486. The molecule has 0 N–H and O–H groups in total. The summed E-state index contributed by atoms with van der Waals surface area (Å²) in [5, 5.41) is 0.486. The number of hydrogen-bond donors (Lipinski definition) is 0. The summed E-state index contributed by atoms with van der Waals surface area (Å²) < 4.78 is 2.14. The van der Waals surface area contributed by atoms with Crippen LogP contribution in [0.1, 0.15) is 18.1 Å². The van der Waals surface area contributed by atoms with Gasteiger partial charge in [-0.2, -0.15) is 0 Å². The molecule has 0 bridgehead atoms. The Labute approximate surface area is 118 Å². The molecule has 0 aliphatic rings. The Hall–Kier alpha value is -1.62. The number of halogens is 1. The molecular formula is C13H18ClN5. The van der Waals surface area contributed by atoms with Gasteiger partial charge in [0.25, 0.3) is 0 Å². The predicted octanol–water partition coefficient (Wildman–Crippen LogP) is 2.47. The first kappa shape index (κ1) is 13.8. The highest BCUT2D eigenvalue weighted by Gasteiger charge is 2.06. The highest BCUT2D eigenvalue weighted by molar-refractivity contribution is 6.29. The second-order valence-electron chi connectivity index (χ2n) is 4.54. The zero-order valence-corrected chi connectivity index (χ0v) is 12.2. The topological polar surface area (TPSA) is 46.8 Å². The van der Waals surface area contributed by atoms with E-state index in [4.69, 9.17) is 11.6 Å². The van der Waals surface area contributed by atoms with Gasteiger partial charge < -0.3 is 9.47 Å². The molecule has 2 aromatic rings. The smallest absolute Gasteiger partial charge is 0.134 e. The maximum atomic E-state index is 5.94. The molecular weight excluding hydrogens is 262 g/mol. The lowest BCUT2D eigenvalue weighted by atomic mass is 10.3. The predicted molar refractivity (Wildman–Crippen MR) is 76.6 cm³/mol. The lowest BCUT2D eigenvalue weighted by molar-refractivity contribution is 0.620. The number of imidazole rings is 1. The summed E-state index contributed by atoms with van der Waals surface area (Å²) in [4.78, 5) is 14.7. The zero-order chi connectivity index (χ0) is 13.8. The SMILES string of the molecule is Cc1nc(Cl)cc(N(C)CCCn2ccnc2C)n1. The number of aryl methyl sites for hydroxylation is 3. The van der Waals surface area contributed by atoms with Crippen molar-refractivity contribution in [2.45, 2.75) is 26.8 Å². The quantitative estimate of drug-likeness (QED) is 0.789. The summed E-state index contributed by atoms with van der Waals surface area (Å²) in [6.45, 7) is 5.72. The number of aromatic nitrogens is 4. The third-order valence-corrected chi connectivity index (χ3v) is 3.19. The first-order chi connectivity index (χ1) is 9.06. The van der Waals surface area contributed by atoms with Crippen molar-refractivity contribution in [3.8, 4) is 0 Å². The first-order valence-electron chi connectivity index (χ1n) is 6.26. The Morgan fingerprint density at radius 3 is 2.74 bits per heavy atom. The van der Waals surface area contributed by atoms with Crippen LogP contribution < -0.4 is 4.90 Å². The highest BCUT2D eigenvalue weighted by Crippen LogP contribution is 2.15. The van der Waals surface area contributed by atoms with E-state index in [-0.39, 0.29) is 0 Å². The molecule has 19 heavy (non-hydrogen) atoms. The van der Waals surface area contributed by atoms with Crippen molar-refractivity contribution in [1.29, 1.82) is 0 Å². The monoisotopic (exact) mass is 279 g/mol. The molecule has 0 atom stereocenters. The molecule has 0 fully saturated rings. The Kier molecular flexibility index (Phi) is 4.37. The molecule has 6 heteroatoms. The van der Waals surface area contributed by atoms with Crippen LogP contribution in [0.25, 0.3) is 0 Å². The van der Waals surface area contributed by atoms with Crippen molar-refractivity contribution in [3.63, 3.8) is 0 Å². The van der Waals surface area contributed by atoms with E-state index in [9.17, 15) is 0 Å². The van der Waals surface area contributed by atoms with Crippen LogP contribution >= 0.6 is 11.6 Å². The van der Waals surface area contributed by atoms with Crippen LogP contribution in [0.3, 0.4) is 0 Å². The number of rotatable bonds is 5. The normalized spacial score (nSPS) is 10.7. The fraction of sp³-hybridized carbons (Fsp3) is 0.462. The van der Waals surface area contributed by atoms with Crippen LogP contribution in [0.15, 0.2) is 18.5 Å². The van der Waals surface area contributed by atoms with E-state index >= 15 is 0 Å². The minimum atomic E-state index is 0.486. The molecule has 0 saturated heterocycles. The molecule has 0 radical (unpaired) electrons. The lowest BCUT2D eigenvalue weighted by Gasteiger charge is -2.18. The maximum Gasteiger partial charge on any atom is 0.134 e. The number of anilines is 1. The van der Waals surface area contributed by atoms with Gasteiger partial charge in [0, 0.05) is 38.6 Å². The lowest BCUT2D eigenvalue weighted by Crippen LogP contribution is -2.21. The molecule has 5 nitrogen and oxygen atoms in total. The molecule has 0 unspecified atom stereocenters. The summed E-state index contributed by atoms with van der Waals surface area (Å²) >= 11 is 5.94. The molecule has 0 saturated carbocycles. The summed E-state index contributed by atoms with van der Waals surface area (Å²) in [5.74, 6) is 2.60. The van der Waals surface area contributed by atoms with E-state index in [2.05, 4.69) is 24.4 Å². The molecule has 2 rings (SSSR count). The van der Waals surface area contributed by atoms with E-state index in [1.54, 1.807) is 6.07 Å². The second kappa shape index (κ2) is 6.02. The van der Waals surface area contributed by atoms with Crippen LogP contribution in [-0.4, -0.2) is 33.1 Å². The van der Waals surface area contributed by atoms with Gasteiger partial charge in [-0.05, 0) is 20.3 Å². The van der Waals surface area contributed by atoms with Crippen molar-refractivity contribution >= 4 is 17.4 Å². The summed E-state index contributed by atoms with van der Waals surface area (Å²) in [5.41, 5.74) is 0. The third-order valence-electron chi connectivity index (χ3n) is 3.00. The third kappa shape index (κ3) is 3.67. The second-order valence-corrected chi connectivity index (χ2v) is 4.93. The van der Waals surface area contributed by atoms with Gasteiger partial charge in [0.2, 0.25) is 0 Å². The Morgan fingerprint density at radius 2 is 2.11 bits per heavy atom. The molecule has 0 spiro atoms. The van der Waals surface area contributed by atoms with Crippen LogP contribution in [0.4, 0.5) is 5.82 Å². The number of nitrogens with zero attached hydrogens (tertiary/aromatic N) is 5. The molecule has 2 aromatic heterocycles. The van der Waals surface area contributed by atoms with Crippen molar-refractivity contribution < 1.29 is 0 Å². The molecule has 2 heterocycles. The fourth-order valence-electron chi connectivity index (χ4n) is 1.94.